The molecule has 18 heavy (non-hydrogen) atoms. The Morgan fingerprint density at radius 2 is 2.06 bits per heavy atom. The van der Waals surface area contributed by atoms with E-state index < -0.39 is 10.8 Å². The first-order chi connectivity index (χ1) is 8.34. The third-order valence-corrected chi connectivity index (χ3v) is 4.57. The molecular weight excluding hydrogens is 270 g/mol. The van der Waals surface area contributed by atoms with Gasteiger partial charge in [0, 0.05) is 6.54 Å². The summed E-state index contributed by atoms with van der Waals surface area (Å²) in [5.41, 5.74) is 1.65. The van der Waals surface area contributed by atoms with Gasteiger partial charge in [-0.05, 0) is 25.1 Å². The summed E-state index contributed by atoms with van der Waals surface area (Å²) in [7, 11) is -1.05. The number of aromatic nitrogens is 2. The fraction of sp³-hybridized carbons (Fsp3) is 0.333. The number of halogens is 1. The van der Waals surface area contributed by atoms with Gasteiger partial charge in [0.25, 0.3) is 0 Å². The molecule has 1 N–H and O–H groups in total. The molecule has 1 aromatic carbocycles. The van der Waals surface area contributed by atoms with Crippen molar-refractivity contribution in [2.75, 3.05) is 13.1 Å². The Hall–Kier alpha value is -1.04. The lowest BCUT2D eigenvalue weighted by Crippen LogP contribution is -2.19. The van der Waals surface area contributed by atoms with E-state index in [4.69, 9.17) is 0 Å². The van der Waals surface area contributed by atoms with Gasteiger partial charge in [-0.25, -0.2) is 4.98 Å². The maximum absolute atomic E-state index is 12.3. The number of hydrogen-bond acceptors (Lipinski definition) is 4. The highest BCUT2D eigenvalue weighted by Gasteiger charge is 2.23. The SMILES string of the molecule is Cl.O=S(c1cnc2ccccc2n1)[C@@H]1CCNC1. The Morgan fingerprint density at radius 3 is 2.78 bits per heavy atom. The topological polar surface area (TPSA) is 54.9 Å². The Morgan fingerprint density at radius 1 is 1.28 bits per heavy atom. The largest absolute Gasteiger partial charge is 0.315 e. The molecule has 1 aromatic heterocycles. The van der Waals surface area contributed by atoms with E-state index in [0.29, 0.717) is 5.03 Å². The highest BCUT2D eigenvalue weighted by Crippen LogP contribution is 2.16. The quantitative estimate of drug-likeness (QED) is 0.908. The zero-order valence-corrected chi connectivity index (χ0v) is 11.3. The van der Waals surface area contributed by atoms with Gasteiger partial charge in [-0.2, -0.15) is 0 Å². The van der Waals surface area contributed by atoms with Gasteiger partial charge in [-0.3, -0.25) is 9.19 Å². The third kappa shape index (κ3) is 2.53. The van der Waals surface area contributed by atoms with Gasteiger partial charge in [0.05, 0.1) is 33.3 Å². The smallest absolute Gasteiger partial charge is 0.146 e. The highest BCUT2D eigenvalue weighted by molar-refractivity contribution is 7.85. The van der Waals surface area contributed by atoms with Gasteiger partial charge in [-0.15, -0.1) is 12.4 Å². The lowest BCUT2D eigenvalue weighted by Gasteiger charge is -2.07. The van der Waals surface area contributed by atoms with Gasteiger partial charge in [-0.1, -0.05) is 12.1 Å². The molecule has 1 fully saturated rings. The molecule has 96 valence electrons. The first-order valence-electron chi connectivity index (χ1n) is 5.68. The number of para-hydroxylation sites is 2. The number of benzene rings is 1. The predicted octanol–water partition coefficient (Wildman–Crippen LogP) is 1.52. The monoisotopic (exact) mass is 283 g/mol. The number of fused-ring (bicyclic) bond motifs is 1. The summed E-state index contributed by atoms with van der Waals surface area (Å²) in [6.45, 7) is 1.75. The summed E-state index contributed by atoms with van der Waals surface area (Å²) in [4.78, 5) is 8.73. The molecule has 0 aliphatic carbocycles. The molecule has 3 rings (SSSR count). The molecule has 1 saturated heterocycles. The van der Waals surface area contributed by atoms with Crippen LogP contribution < -0.4 is 5.32 Å². The second kappa shape index (κ2) is 5.73. The maximum atomic E-state index is 12.3. The van der Waals surface area contributed by atoms with Crippen LogP contribution in [0.2, 0.25) is 0 Å². The van der Waals surface area contributed by atoms with Crippen molar-refractivity contribution in [1.82, 2.24) is 15.3 Å². The van der Waals surface area contributed by atoms with Crippen molar-refractivity contribution in [1.29, 1.82) is 0 Å². The van der Waals surface area contributed by atoms with E-state index in [0.717, 1.165) is 30.5 Å². The van der Waals surface area contributed by atoms with Crippen LogP contribution in [0.15, 0.2) is 35.5 Å². The fourth-order valence-electron chi connectivity index (χ4n) is 2.02. The standard InChI is InChI=1S/C12H13N3OS.ClH/c16-17(9-5-6-13-7-9)12-8-14-10-3-1-2-4-11(10)15-12;/h1-4,8-9,13H,5-7H2;1H/t9-,17?;/m1./s1. The molecule has 6 heteroatoms. The summed E-state index contributed by atoms with van der Waals surface area (Å²) in [5.74, 6) is 0. The van der Waals surface area contributed by atoms with Crippen LogP contribution in [0.5, 0.6) is 0 Å². The molecule has 1 aliphatic rings. The normalized spacial score (nSPS) is 20.6. The lowest BCUT2D eigenvalue weighted by atomic mass is 10.3. The van der Waals surface area contributed by atoms with E-state index in [1.54, 1.807) is 6.20 Å². The fourth-order valence-corrected chi connectivity index (χ4v) is 3.31. The minimum absolute atomic E-state index is 0. The van der Waals surface area contributed by atoms with Crippen LogP contribution in [0.1, 0.15) is 6.42 Å². The Bertz CT molecular complexity index is 572. The second-order valence-corrected chi connectivity index (χ2v) is 5.79. The van der Waals surface area contributed by atoms with Gasteiger partial charge in [0.2, 0.25) is 0 Å². The summed E-state index contributed by atoms with van der Waals surface area (Å²) >= 11 is 0. The van der Waals surface area contributed by atoms with Gasteiger partial charge >= 0.3 is 0 Å². The van der Waals surface area contributed by atoms with E-state index in [9.17, 15) is 4.21 Å². The Balaban J connectivity index is 0.00000120. The molecule has 1 aliphatic heterocycles. The Kier molecular flexibility index (Phi) is 4.27. The first kappa shape index (κ1) is 13.4. The van der Waals surface area contributed by atoms with Crippen molar-refractivity contribution in [3.8, 4) is 0 Å². The zero-order chi connectivity index (χ0) is 11.7. The zero-order valence-electron chi connectivity index (χ0n) is 9.70. The lowest BCUT2D eigenvalue weighted by molar-refractivity contribution is 0.669. The molecule has 0 saturated carbocycles. The number of nitrogens with one attached hydrogen (secondary N) is 1. The van der Waals surface area contributed by atoms with Crippen molar-refractivity contribution in [3.63, 3.8) is 0 Å². The van der Waals surface area contributed by atoms with Crippen molar-refractivity contribution >= 4 is 34.2 Å². The number of rotatable bonds is 2. The molecule has 0 bridgehead atoms. The average molecular weight is 284 g/mol. The summed E-state index contributed by atoms with van der Waals surface area (Å²) in [6, 6.07) is 7.65. The highest BCUT2D eigenvalue weighted by atomic mass is 35.5. The average Bonchev–Trinajstić information content (AvgIpc) is 2.91. The number of hydrogen-bond donors (Lipinski definition) is 1. The summed E-state index contributed by atoms with van der Waals surface area (Å²) in [5, 5.41) is 3.99. The van der Waals surface area contributed by atoms with Gasteiger partial charge in [0.15, 0.2) is 0 Å². The minimum Gasteiger partial charge on any atom is -0.315 e. The first-order valence-corrected chi connectivity index (χ1v) is 6.89. The van der Waals surface area contributed by atoms with Crippen molar-refractivity contribution < 1.29 is 4.21 Å². The van der Waals surface area contributed by atoms with Crippen LogP contribution in [0.3, 0.4) is 0 Å². The molecule has 0 spiro atoms. The van der Waals surface area contributed by atoms with Crippen LogP contribution in [0, 0.1) is 0 Å². The van der Waals surface area contributed by atoms with E-state index >= 15 is 0 Å². The molecule has 2 aromatic rings. The number of nitrogens with zero attached hydrogens (tertiary/aromatic N) is 2. The molecule has 2 atom stereocenters. The Labute approximate surface area is 114 Å². The van der Waals surface area contributed by atoms with Crippen molar-refractivity contribution in [3.05, 3.63) is 30.5 Å². The van der Waals surface area contributed by atoms with Gasteiger partial charge < -0.3 is 5.32 Å². The summed E-state index contributed by atoms with van der Waals surface area (Å²) < 4.78 is 12.3. The third-order valence-electron chi connectivity index (χ3n) is 2.95. The molecule has 0 amide bonds. The van der Waals surface area contributed by atoms with Crippen LogP contribution in [0.25, 0.3) is 11.0 Å². The summed E-state index contributed by atoms with van der Waals surface area (Å²) in [6.07, 6.45) is 2.58. The minimum atomic E-state index is -1.05. The van der Waals surface area contributed by atoms with E-state index in [1.807, 2.05) is 24.3 Å². The van der Waals surface area contributed by atoms with E-state index in [2.05, 4.69) is 15.3 Å². The molecule has 2 heterocycles. The van der Waals surface area contributed by atoms with Gasteiger partial charge in [0.1, 0.15) is 5.03 Å². The molecule has 0 radical (unpaired) electrons. The molecule has 1 unspecified atom stereocenters. The second-order valence-electron chi connectivity index (χ2n) is 4.11. The molecular formula is C12H14ClN3OS. The van der Waals surface area contributed by atoms with E-state index in [-0.39, 0.29) is 17.7 Å². The van der Waals surface area contributed by atoms with Crippen LogP contribution in [0.4, 0.5) is 0 Å². The van der Waals surface area contributed by atoms with Crippen LogP contribution in [-0.2, 0) is 10.8 Å². The molecule has 4 nitrogen and oxygen atoms in total. The maximum Gasteiger partial charge on any atom is 0.146 e. The van der Waals surface area contributed by atoms with Crippen LogP contribution in [-0.4, -0.2) is 32.5 Å². The van der Waals surface area contributed by atoms with Crippen molar-refractivity contribution in [2.24, 2.45) is 0 Å². The van der Waals surface area contributed by atoms with Crippen LogP contribution >= 0.6 is 12.4 Å². The van der Waals surface area contributed by atoms with E-state index in [1.165, 1.54) is 0 Å². The van der Waals surface area contributed by atoms with Crippen molar-refractivity contribution in [2.45, 2.75) is 16.7 Å². The predicted molar refractivity (Wildman–Crippen MR) is 74.5 cm³/mol.